The van der Waals surface area contributed by atoms with E-state index in [1.807, 2.05) is 12.1 Å². The zero-order chi connectivity index (χ0) is 16.4. The third-order valence-corrected chi connectivity index (χ3v) is 4.03. The van der Waals surface area contributed by atoms with E-state index in [4.69, 9.17) is 26.5 Å². The molecular weight excluding hydrogens is 320 g/mol. The third-order valence-electron chi connectivity index (χ3n) is 3.74. The molecule has 1 aliphatic heterocycles. The summed E-state index contributed by atoms with van der Waals surface area (Å²) in [6, 6.07) is 5.54. The van der Waals surface area contributed by atoms with Crippen molar-refractivity contribution in [2.45, 2.75) is 12.3 Å². The van der Waals surface area contributed by atoms with Crippen molar-refractivity contribution in [2.24, 2.45) is 0 Å². The third kappa shape index (κ3) is 3.27. The van der Waals surface area contributed by atoms with Crippen LogP contribution in [0.3, 0.4) is 0 Å². The Morgan fingerprint density at radius 1 is 1.35 bits per heavy atom. The molecule has 7 nitrogen and oxygen atoms in total. The molecule has 1 aromatic carbocycles. The highest BCUT2D eigenvalue weighted by Gasteiger charge is 2.27. The summed E-state index contributed by atoms with van der Waals surface area (Å²) >= 11 is 4.75. The molecule has 0 amide bonds. The Balaban J connectivity index is 2.00. The summed E-state index contributed by atoms with van der Waals surface area (Å²) in [5, 5.41) is 18.1. The van der Waals surface area contributed by atoms with Gasteiger partial charge in [-0.15, -0.1) is 0 Å². The molecule has 1 saturated heterocycles. The maximum absolute atomic E-state index is 11.0. The van der Waals surface area contributed by atoms with Gasteiger partial charge in [-0.05, 0) is 24.4 Å². The Morgan fingerprint density at radius 3 is 2.74 bits per heavy atom. The second-order valence-electron chi connectivity index (χ2n) is 5.26. The Hall–Kier alpha value is -2.19. The first-order valence-electron chi connectivity index (χ1n) is 7.23. The molecule has 1 unspecified atom stereocenters. The molecule has 23 heavy (non-hydrogen) atoms. The van der Waals surface area contributed by atoms with Gasteiger partial charge in [0.15, 0.2) is 10.6 Å². The number of ether oxygens (including phenoxy) is 1. The van der Waals surface area contributed by atoms with Gasteiger partial charge in [-0.2, -0.15) is 0 Å². The van der Waals surface area contributed by atoms with E-state index in [-0.39, 0.29) is 12.3 Å². The van der Waals surface area contributed by atoms with Crippen LogP contribution >= 0.6 is 12.2 Å². The number of aliphatic carboxylic acids is 1. The monoisotopic (exact) mass is 336 g/mol. The Labute approximate surface area is 137 Å². The van der Waals surface area contributed by atoms with Crippen LogP contribution in [0.2, 0.25) is 0 Å². The number of nitrogens with zero attached hydrogens (tertiary/aromatic N) is 2. The van der Waals surface area contributed by atoms with Gasteiger partial charge in [-0.3, -0.25) is 4.79 Å². The average Bonchev–Trinajstić information content (AvgIpc) is 2.96. The van der Waals surface area contributed by atoms with Crippen molar-refractivity contribution in [3.8, 4) is 0 Å². The van der Waals surface area contributed by atoms with Gasteiger partial charge < -0.3 is 24.3 Å². The SMILES string of the molecule is O=C(O)CC(C(O)=S)c1nc2c(N3CCOCC3)cccc2o1. The van der Waals surface area contributed by atoms with E-state index < -0.39 is 16.9 Å². The maximum Gasteiger partial charge on any atom is 0.304 e. The number of hydrogen-bond acceptors (Lipinski definition) is 6. The molecule has 1 fully saturated rings. The molecule has 3 rings (SSSR count). The van der Waals surface area contributed by atoms with E-state index in [9.17, 15) is 9.90 Å². The summed E-state index contributed by atoms with van der Waals surface area (Å²) in [5.74, 6) is -1.90. The Bertz CT molecular complexity index is 739. The normalized spacial score (nSPS) is 16.4. The fraction of sp³-hybridized carbons (Fsp3) is 0.400. The Kier molecular flexibility index (Phi) is 4.44. The smallest absolute Gasteiger partial charge is 0.304 e. The number of carboxylic acids is 1. The van der Waals surface area contributed by atoms with Gasteiger partial charge in [0, 0.05) is 13.1 Å². The predicted octanol–water partition coefficient (Wildman–Crippen LogP) is 2.11. The standard InChI is InChI=1S/C15H16N2O5S/c18-12(19)8-9(15(20)23)14-16-13-10(2-1-3-11(13)22-14)17-4-6-21-7-5-17/h1-3,9H,4-8H2,(H,18,19)(H,20,23). The van der Waals surface area contributed by atoms with Crippen molar-refractivity contribution in [3.05, 3.63) is 24.1 Å². The lowest BCUT2D eigenvalue weighted by Gasteiger charge is -2.28. The predicted molar refractivity (Wildman–Crippen MR) is 87.3 cm³/mol. The van der Waals surface area contributed by atoms with Gasteiger partial charge in [0.25, 0.3) is 0 Å². The molecule has 0 spiro atoms. The number of carbonyl (C=O) groups is 1. The van der Waals surface area contributed by atoms with E-state index in [0.717, 1.165) is 18.8 Å². The van der Waals surface area contributed by atoms with E-state index in [0.29, 0.717) is 24.3 Å². The molecule has 1 aliphatic rings. The zero-order valence-electron chi connectivity index (χ0n) is 12.3. The van der Waals surface area contributed by atoms with Crippen LogP contribution in [-0.4, -0.2) is 52.5 Å². The molecule has 2 N–H and O–H groups in total. The number of aliphatic hydroxyl groups excluding tert-OH is 1. The van der Waals surface area contributed by atoms with Crippen molar-refractivity contribution in [1.82, 2.24) is 4.98 Å². The number of carboxylic acid groups (broad SMARTS) is 1. The van der Waals surface area contributed by atoms with Crippen LogP contribution in [0.15, 0.2) is 22.6 Å². The second-order valence-corrected chi connectivity index (χ2v) is 5.68. The number of aliphatic hydroxyl groups is 1. The summed E-state index contributed by atoms with van der Waals surface area (Å²) in [5.41, 5.74) is 2.07. The first kappa shape index (κ1) is 15.7. The van der Waals surface area contributed by atoms with Crippen LogP contribution in [0.1, 0.15) is 18.2 Å². The zero-order valence-corrected chi connectivity index (χ0v) is 13.1. The average molecular weight is 336 g/mol. The highest BCUT2D eigenvalue weighted by atomic mass is 32.1. The molecule has 1 atom stereocenters. The number of benzene rings is 1. The topological polar surface area (TPSA) is 96.0 Å². The number of rotatable bonds is 5. The lowest BCUT2D eigenvalue weighted by Crippen LogP contribution is -2.36. The molecule has 2 heterocycles. The number of fused-ring (bicyclic) bond motifs is 1. The maximum atomic E-state index is 11.0. The minimum atomic E-state index is -1.08. The largest absolute Gasteiger partial charge is 0.501 e. The van der Waals surface area contributed by atoms with Crippen molar-refractivity contribution < 1.29 is 24.2 Å². The van der Waals surface area contributed by atoms with Gasteiger partial charge >= 0.3 is 5.97 Å². The van der Waals surface area contributed by atoms with E-state index in [1.54, 1.807) is 6.07 Å². The van der Waals surface area contributed by atoms with Crippen LogP contribution in [0.5, 0.6) is 0 Å². The fourth-order valence-electron chi connectivity index (χ4n) is 2.61. The summed E-state index contributed by atoms with van der Waals surface area (Å²) in [7, 11) is 0. The highest BCUT2D eigenvalue weighted by molar-refractivity contribution is 7.80. The van der Waals surface area contributed by atoms with Gasteiger partial charge in [0.2, 0.25) is 5.89 Å². The number of para-hydroxylation sites is 1. The first-order chi connectivity index (χ1) is 11.1. The highest BCUT2D eigenvalue weighted by Crippen LogP contribution is 2.31. The lowest BCUT2D eigenvalue weighted by molar-refractivity contribution is -0.137. The van der Waals surface area contributed by atoms with Crippen LogP contribution in [0, 0.1) is 0 Å². The van der Waals surface area contributed by atoms with Crippen molar-refractivity contribution in [2.75, 3.05) is 31.2 Å². The quantitative estimate of drug-likeness (QED) is 0.802. The van der Waals surface area contributed by atoms with Crippen LogP contribution in [-0.2, 0) is 9.53 Å². The first-order valence-corrected chi connectivity index (χ1v) is 7.64. The number of aromatic nitrogens is 1. The number of morpholine rings is 1. The molecular formula is C15H16N2O5S. The van der Waals surface area contributed by atoms with Crippen LogP contribution in [0.4, 0.5) is 5.69 Å². The summed E-state index contributed by atoms with van der Waals surface area (Å²) < 4.78 is 11.0. The number of thiocarbonyl (C=S) groups is 1. The molecule has 8 heteroatoms. The van der Waals surface area contributed by atoms with Crippen LogP contribution in [0.25, 0.3) is 11.1 Å². The van der Waals surface area contributed by atoms with E-state index in [2.05, 4.69) is 9.88 Å². The molecule has 0 saturated carbocycles. The summed E-state index contributed by atoms with van der Waals surface area (Å²) in [4.78, 5) is 17.5. The second kappa shape index (κ2) is 6.51. The number of oxazole rings is 1. The molecule has 0 radical (unpaired) electrons. The molecule has 1 aromatic heterocycles. The molecule has 0 aliphatic carbocycles. The van der Waals surface area contributed by atoms with Gasteiger partial charge in [0.05, 0.1) is 25.3 Å². The molecule has 0 bridgehead atoms. The van der Waals surface area contributed by atoms with Crippen molar-refractivity contribution >= 4 is 40.0 Å². The van der Waals surface area contributed by atoms with E-state index >= 15 is 0 Å². The minimum Gasteiger partial charge on any atom is -0.501 e. The molecule has 2 aromatic rings. The lowest BCUT2D eigenvalue weighted by atomic mass is 10.1. The minimum absolute atomic E-state index is 0.121. The Morgan fingerprint density at radius 2 is 2.09 bits per heavy atom. The number of anilines is 1. The summed E-state index contributed by atoms with van der Waals surface area (Å²) in [6.45, 7) is 2.78. The van der Waals surface area contributed by atoms with Gasteiger partial charge in [-0.25, -0.2) is 4.98 Å². The summed E-state index contributed by atoms with van der Waals surface area (Å²) in [6.07, 6.45) is -0.366. The van der Waals surface area contributed by atoms with Gasteiger partial charge in [-0.1, -0.05) is 6.07 Å². The number of hydrogen-bond donors (Lipinski definition) is 2. The van der Waals surface area contributed by atoms with Crippen LogP contribution < -0.4 is 4.90 Å². The van der Waals surface area contributed by atoms with Crippen molar-refractivity contribution in [3.63, 3.8) is 0 Å². The molecule has 122 valence electrons. The van der Waals surface area contributed by atoms with E-state index in [1.165, 1.54) is 0 Å². The van der Waals surface area contributed by atoms with Crippen molar-refractivity contribution in [1.29, 1.82) is 0 Å². The fourth-order valence-corrected chi connectivity index (χ4v) is 2.80. The van der Waals surface area contributed by atoms with Gasteiger partial charge in [0.1, 0.15) is 11.4 Å².